The maximum atomic E-state index is 11.1. The van der Waals surface area contributed by atoms with E-state index < -0.39 is 5.97 Å². The highest BCUT2D eigenvalue weighted by atomic mass is 35.5. The van der Waals surface area contributed by atoms with E-state index >= 15 is 0 Å². The zero-order valence-corrected chi connectivity index (χ0v) is 11.1. The number of carboxylic acid groups (broad SMARTS) is 1. The van der Waals surface area contributed by atoms with Gasteiger partial charge in [0.25, 0.3) is 0 Å². The Morgan fingerprint density at radius 1 is 1.42 bits per heavy atom. The quantitative estimate of drug-likeness (QED) is 0.899. The molecule has 0 atom stereocenters. The van der Waals surface area contributed by atoms with Gasteiger partial charge in [0.2, 0.25) is 0 Å². The van der Waals surface area contributed by atoms with Gasteiger partial charge in [0, 0.05) is 29.6 Å². The van der Waals surface area contributed by atoms with E-state index in [1.165, 1.54) is 6.07 Å². The van der Waals surface area contributed by atoms with Crippen LogP contribution in [-0.2, 0) is 6.54 Å². The number of nitrogens with zero attached hydrogens (tertiary/aromatic N) is 1. The SMILES string of the molecule is Cc1ccncc1CNc1ccc(Cl)cc1C(=O)O. The van der Waals surface area contributed by atoms with Crippen LogP contribution < -0.4 is 5.32 Å². The third-order valence-electron chi connectivity index (χ3n) is 2.83. The predicted octanol–water partition coefficient (Wildman–Crippen LogP) is 3.35. The summed E-state index contributed by atoms with van der Waals surface area (Å²) < 4.78 is 0. The van der Waals surface area contributed by atoms with Crippen molar-refractivity contribution in [1.82, 2.24) is 4.98 Å². The van der Waals surface area contributed by atoms with Crippen LogP contribution in [0.5, 0.6) is 0 Å². The second kappa shape index (κ2) is 5.71. The molecule has 2 aromatic rings. The summed E-state index contributed by atoms with van der Waals surface area (Å²) in [5.74, 6) is -1.01. The van der Waals surface area contributed by atoms with Gasteiger partial charge < -0.3 is 10.4 Å². The number of aryl methyl sites for hydroxylation is 1. The summed E-state index contributed by atoms with van der Waals surface area (Å²) >= 11 is 5.80. The molecule has 1 aromatic carbocycles. The van der Waals surface area contributed by atoms with Gasteiger partial charge in [-0.3, -0.25) is 4.98 Å². The second-order valence-corrected chi connectivity index (χ2v) is 4.59. The van der Waals surface area contributed by atoms with Crippen LogP contribution >= 0.6 is 11.6 Å². The van der Waals surface area contributed by atoms with Crippen LogP contribution in [0.2, 0.25) is 5.02 Å². The highest BCUT2D eigenvalue weighted by Crippen LogP contribution is 2.21. The van der Waals surface area contributed by atoms with E-state index in [4.69, 9.17) is 16.7 Å². The Labute approximate surface area is 116 Å². The largest absolute Gasteiger partial charge is 0.478 e. The van der Waals surface area contributed by atoms with Crippen LogP contribution in [0, 0.1) is 6.92 Å². The van der Waals surface area contributed by atoms with E-state index in [2.05, 4.69) is 10.3 Å². The van der Waals surface area contributed by atoms with Gasteiger partial charge in [0.05, 0.1) is 5.56 Å². The molecule has 0 aliphatic heterocycles. The zero-order chi connectivity index (χ0) is 13.8. The van der Waals surface area contributed by atoms with Crippen LogP contribution in [0.15, 0.2) is 36.7 Å². The average molecular weight is 277 g/mol. The molecule has 98 valence electrons. The summed E-state index contributed by atoms with van der Waals surface area (Å²) in [6.45, 7) is 2.50. The van der Waals surface area contributed by atoms with Gasteiger partial charge >= 0.3 is 5.97 Å². The first-order valence-electron chi connectivity index (χ1n) is 5.74. The van der Waals surface area contributed by atoms with Crippen molar-refractivity contribution in [2.45, 2.75) is 13.5 Å². The van der Waals surface area contributed by atoms with E-state index in [1.807, 2.05) is 13.0 Å². The number of aromatic nitrogens is 1. The number of hydrogen-bond donors (Lipinski definition) is 2. The minimum Gasteiger partial charge on any atom is -0.478 e. The van der Waals surface area contributed by atoms with E-state index in [1.54, 1.807) is 24.5 Å². The molecular formula is C14H13ClN2O2. The van der Waals surface area contributed by atoms with Crippen LogP contribution in [0.4, 0.5) is 5.69 Å². The normalized spacial score (nSPS) is 10.2. The molecule has 0 fully saturated rings. The molecule has 19 heavy (non-hydrogen) atoms. The summed E-state index contributed by atoms with van der Waals surface area (Å²) in [5.41, 5.74) is 2.83. The molecule has 0 aliphatic rings. The molecule has 0 saturated heterocycles. The molecule has 4 nitrogen and oxygen atoms in total. The maximum Gasteiger partial charge on any atom is 0.337 e. The van der Waals surface area contributed by atoms with Crippen molar-refractivity contribution in [3.63, 3.8) is 0 Å². The molecule has 0 amide bonds. The minimum atomic E-state index is -1.01. The lowest BCUT2D eigenvalue weighted by Crippen LogP contribution is -2.07. The first-order chi connectivity index (χ1) is 9.08. The van der Waals surface area contributed by atoms with Gasteiger partial charge in [-0.1, -0.05) is 11.6 Å². The number of nitrogens with one attached hydrogen (secondary N) is 1. The van der Waals surface area contributed by atoms with Gasteiger partial charge in [-0.15, -0.1) is 0 Å². The number of anilines is 1. The van der Waals surface area contributed by atoms with Gasteiger partial charge in [0.15, 0.2) is 0 Å². The molecule has 0 saturated carbocycles. The Bertz CT molecular complexity index is 614. The zero-order valence-electron chi connectivity index (χ0n) is 10.4. The lowest BCUT2D eigenvalue weighted by molar-refractivity contribution is 0.0698. The van der Waals surface area contributed by atoms with Gasteiger partial charge in [0.1, 0.15) is 0 Å². The molecule has 1 aromatic heterocycles. The fourth-order valence-electron chi connectivity index (χ4n) is 1.72. The molecular weight excluding hydrogens is 264 g/mol. The minimum absolute atomic E-state index is 0.161. The van der Waals surface area contributed by atoms with Gasteiger partial charge in [-0.05, 0) is 42.3 Å². The second-order valence-electron chi connectivity index (χ2n) is 4.15. The summed E-state index contributed by atoms with van der Waals surface area (Å²) in [6, 6.07) is 6.67. The van der Waals surface area contributed by atoms with Crippen LogP contribution in [-0.4, -0.2) is 16.1 Å². The Hall–Kier alpha value is -2.07. The lowest BCUT2D eigenvalue weighted by atomic mass is 10.1. The number of aromatic carboxylic acids is 1. The number of carbonyl (C=O) groups is 1. The van der Waals surface area contributed by atoms with Crippen molar-refractivity contribution in [1.29, 1.82) is 0 Å². The Kier molecular flexibility index (Phi) is 4.02. The van der Waals surface area contributed by atoms with Crippen molar-refractivity contribution in [2.24, 2.45) is 0 Å². The molecule has 5 heteroatoms. The maximum absolute atomic E-state index is 11.1. The molecule has 0 spiro atoms. The summed E-state index contributed by atoms with van der Waals surface area (Å²) in [6.07, 6.45) is 3.49. The predicted molar refractivity (Wildman–Crippen MR) is 74.7 cm³/mol. The molecule has 2 N–H and O–H groups in total. The Balaban J connectivity index is 2.20. The molecule has 0 bridgehead atoms. The Morgan fingerprint density at radius 3 is 2.89 bits per heavy atom. The number of benzene rings is 1. The fourth-order valence-corrected chi connectivity index (χ4v) is 1.89. The summed E-state index contributed by atoms with van der Waals surface area (Å²) in [7, 11) is 0. The van der Waals surface area contributed by atoms with E-state index in [0.717, 1.165) is 11.1 Å². The molecule has 2 rings (SSSR count). The molecule has 1 heterocycles. The standard InChI is InChI=1S/C14H13ClN2O2/c1-9-4-5-16-7-10(9)8-17-13-3-2-11(15)6-12(13)14(18)19/h2-7,17H,8H2,1H3,(H,18,19). The number of hydrogen-bond acceptors (Lipinski definition) is 3. The molecule has 0 aliphatic carbocycles. The fraction of sp³-hybridized carbons (Fsp3) is 0.143. The molecule has 0 unspecified atom stereocenters. The van der Waals surface area contributed by atoms with Gasteiger partial charge in [-0.2, -0.15) is 0 Å². The lowest BCUT2D eigenvalue weighted by Gasteiger charge is -2.11. The first kappa shape index (κ1) is 13.4. The van der Waals surface area contributed by atoms with E-state index in [0.29, 0.717) is 17.3 Å². The van der Waals surface area contributed by atoms with Crippen LogP contribution in [0.3, 0.4) is 0 Å². The smallest absolute Gasteiger partial charge is 0.337 e. The van der Waals surface area contributed by atoms with Crippen LogP contribution in [0.1, 0.15) is 21.5 Å². The molecule has 0 radical (unpaired) electrons. The van der Waals surface area contributed by atoms with Crippen molar-refractivity contribution in [2.75, 3.05) is 5.32 Å². The average Bonchev–Trinajstić information content (AvgIpc) is 2.38. The number of halogens is 1. The Morgan fingerprint density at radius 2 is 2.21 bits per heavy atom. The van der Waals surface area contributed by atoms with E-state index in [9.17, 15) is 4.79 Å². The highest BCUT2D eigenvalue weighted by Gasteiger charge is 2.10. The first-order valence-corrected chi connectivity index (χ1v) is 6.12. The van der Waals surface area contributed by atoms with Crippen molar-refractivity contribution >= 4 is 23.3 Å². The monoisotopic (exact) mass is 276 g/mol. The van der Waals surface area contributed by atoms with Crippen molar-refractivity contribution in [3.05, 3.63) is 58.4 Å². The topological polar surface area (TPSA) is 62.2 Å². The summed E-state index contributed by atoms with van der Waals surface area (Å²) in [5, 5.41) is 12.6. The number of carboxylic acids is 1. The van der Waals surface area contributed by atoms with Crippen LogP contribution in [0.25, 0.3) is 0 Å². The number of rotatable bonds is 4. The van der Waals surface area contributed by atoms with Crippen molar-refractivity contribution < 1.29 is 9.90 Å². The van der Waals surface area contributed by atoms with E-state index in [-0.39, 0.29) is 5.56 Å². The number of pyridine rings is 1. The third-order valence-corrected chi connectivity index (χ3v) is 3.06. The highest BCUT2D eigenvalue weighted by molar-refractivity contribution is 6.31. The third kappa shape index (κ3) is 3.23. The summed E-state index contributed by atoms with van der Waals surface area (Å²) in [4.78, 5) is 15.2. The van der Waals surface area contributed by atoms with Crippen molar-refractivity contribution in [3.8, 4) is 0 Å². The van der Waals surface area contributed by atoms with Gasteiger partial charge in [-0.25, -0.2) is 4.79 Å².